The van der Waals surface area contributed by atoms with Crippen molar-refractivity contribution in [1.82, 2.24) is 0 Å². The Hall–Kier alpha value is -2.74. The summed E-state index contributed by atoms with van der Waals surface area (Å²) >= 11 is 0. The molecule has 0 fully saturated rings. The minimum atomic E-state index is -1.07. The second-order valence-corrected chi connectivity index (χ2v) is 4.34. The molecule has 1 aromatic rings. The summed E-state index contributed by atoms with van der Waals surface area (Å²) in [5, 5.41) is 11.9. The molecule has 9 heteroatoms. The number of carboxylic acid groups (broad SMARTS) is 1. The van der Waals surface area contributed by atoms with Gasteiger partial charge < -0.3 is 25.1 Å². The molecule has 0 aliphatic carbocycles. The molecule has 0 aromatic heterocycles. The van der Waals surface area contributed by atoms with E-state index in [1.807, 2.05) is 0 Å². The summed E-state index contributed by atoms with van der Waals surface area (Å²) in [7, 11) is 0. The van der Waals surface area contributed by atoms with Crippen molar-refractivity contribution in [2.45, 2.75) is 6.23 Å². The molecular formula is C14H18N4O5. The van der Waals surface area contributed by atoms with E-state index in [0.717, 1.165) is 5.56 Å². The summed E-state index contributed by atoms with van der Waals surface area (Å²) in [6, 6.07) is 6.96. The van der Waals surface area contributed by atoms with Gasteiger partial charge in [-0.1, -0.05) is 23.8 Å². The molecule has 124 valence electrons. The average Bonchev–Trinajstić information content (AvgIpc) is 2.52. The maximum Gasteiger partial charge on any atom is 0.329 e. The normalized spacial score (nSPS) is 11.3. The Bertz CT molecular complexity index is 586. The Balaban J connectivity index is 2.43. The first-order valence-corrected chi connectivity index (χ1v) is 6.66. The van der Waals surface area contributed by atoms with Gasteiger partial charge in [-0.2, -0.15) is 0 Å². The molecule has 0 spiro atoms. The van der Waals surface area contributed by atoms with Crippen LogP contribution in [-0.4, -0.2) is 43.7 Å². The molecule has 3 N–H and O–H groups in total. The summed E-state index contributed by atoms with van der Waals surface area (Å²) in [4.78, 5) is 12.9. The van der Waals surface area contributed by atoms with Crippen LogP contribution in [0.4, 0.5) is 0 Å². The number of azide groups is 1. The van der Waals surface area contributed by atoms with E-state index in [-0.39, 0.29) is 19.8 Å². The molecule has 0 saturated carbocycles. The molecule has 1 aromatic carbocycles. The first-order valence-electron chi connectivity index (χ1n) is 6.66. The van der Waals surface area contributed by atoms with Gasteiger partial charge in [-0.05, 0) is 17.7 Å². The monoisotopic (exact) mass is 322 g/mol. The molecule has 0 heterocycles. The van der Waals surface area contributed by atoms with E-state index in [2.05, 4.69) is 16.6 Å². The van der Waals surface area contributed by atoms with Crippen molar-refractivity contribution in [3.63, 3.8) is 0 Å². The number of carboxylic acids is 1. The summed E-state index contributed by atoms with van der Waals surface area (Å²) in [5.41, 5.74) is 15.3. The molecule has 0 radical (unpaired) electrons. The quantitative estimate of drug-likeness (QED) is 0.275. The molecule has 1 atom stereocenters. The van der Waals surface area contributed by atoms with E-state index < -0.39 is 18.8 Å². The highest BCUT2D eigenvalue weighted by Crippen LogP contribution is 2.17. The molecule has 0 amide bonds. The number of hydrogen-bond acceptors (Lipinski definition) is 6. The lowest BCUT2D eigenvalue weighted by atomic mass is 10.2. The third-order valence-corrected chi connectivity index (χ3v) is 2.54. The van der Waals surface area contributed by atoms with Gasteiger partial charge in [0.1, 0.15) is 19.0 Å². The van der Waals surface area contributed by atoms with Gasteiger partial charge >= 0.3 is 5.97 Å². The number of carbonyl (C=O) groups is 1. The number of nitrogens with zero attached hydrogens (tertiary/aromatic N) is 3. The van der Waals surface area contributed by atoms with Crippen molar-refractivity contribution in [3.05, 3.63) is 46.9 Å². The van der Waals surface area contributed by atoms with E-state index in [0.29, 0.717) is 11.4 Å². The number of hydrogen-bond donors (Lipinski definition) is 2. The van der Waals surface area contributed by atoms with Crippen LogP contribution in [0.1, 0.15) is 5.56 Å². The van der Waals surface area contributed by atoms with Crippen LogP contribution >= 0.6 is 0 Å². The zero-order valence-corrected chi connectivity index (χ0v) is 12.4. The molecule has 9 nitrogen and oxygen atoms in total. The van der Waals surface area contributed by atoms with E-state index >= 15 is 0 Å². The van der Waals surface area contributed by atoms with Gasteiger partial charge in [-0.3, -0.25) is 0 Å². The van der Waals surface area contributed by atoms with E-state index in [1.165, 1.54) is 0 Å². The predicted octanol–water partition coefficient (Wildman–Crippen LogP) is 1.75. The lowest BCUT2D eigenvalue weighted by Crippen LogP contribution is -2.22. The third kappa shape index (κ3) is 7.72. The second-order valence-electron chi connectivity index (χ2n) is 4.34. The van der Waals surface area contributed by atoms with Crippen LogP contribution in [-0.2, 0) is 14.3 Å². The van der Waals surface area contributed by atoms with E-state index in [9.17, 15) is 4.79 Å². The van der Waals surface area contributed by atoms with Crippen LogP contribution < -0.4 is 10.5 Å². The number of benzene rings is 1. The molecule has 0 saturated heterocycles. The minimum Gasteiger partial charge on any atom is -0.491 e. The first kappa shape index (κ1) is 18.3. The maximum atomic E-state index is 10.3. The highest BCUT2D eigenvalue weighted by atomic mass is 16.6. The van der Waals surface area contributed by atoms with Crippen LogP contribution in [0, 0.1) is 0 Å². The summed E-state index contributed by atoms with van der Waals surface area (Å²) in [6.45, 7) is 3.34. The van der Waals surface area contributed by atoms with Crippen molar-refractivity contribution in [3.8, 4) is 5.75 Å². The smallest absolute Gasteiger partial charge is 0.329 e. The molecule has 0 bridgehead atoms. The fraction of sp³-hybridized carbons (Fsp3) is 0.357. The van der Waals surface area contributed by atoms with Gasteiger partial charge in [-0.25, -0.2) is 4.79 Å². The zero-order chi connectivity index (χ0) is 17.1. The van der Waals surface area contributed by atoms with Crippen molar-refractivity contribution < 1.29 is 24.1 Å². The average molecular weight is 322 g/mol. The predicted molar refractivity (Wildman–Crippen MR) is 82.5 cm³/mol. The molecule has 0 aliphatic heterocycles. The Morgan fingerprint density at radius 3 is 2.91 bits per heavy atom. The van der Waals surface area contributed by atoms with Crippen LogP contribution in [0.3, 0.4) is 0 Å². The molecule has 0 aliphatic rings. The number of ether oxygens (including phenoxy) is 3. The zero-order valence-electron chi connectivity index (χ0n) is 12.4. The summed E-state index contributed by atoms with van der Waals surface area (Å²) in [6.07, 6.45) is -0.863. The summed E-state index contributed by atoms with van der Waals surface area (Å²) < 4.78 is 15.5. The van der Waals surface area contributed by atoms with Crippen LogP contribution in [0.5, 0.6) is 5.75 Å². The fourth-order valence-corrected chi connectivity index (χ4v) is 1.53. The Kier molecular flexibility index (Phi) is 8.01. The van der Waals surface area contributed by atoms with Gasteiger partial charge in [0, 0.05) is 16.2 Å². The highest BCUT2D eigenvalue weighted by Gasteiger charge is 2.09. The molecule has 1 unspecified atom stereocenters. The van der Waals surface area contributed by atoms with Crippen molar-refractivity contribution in [2.75, 3.05) is 26.4 Å². The second kappa shape index (κ2) is 10.1. The molecule has 1 rings (SSSR count). The summed E-state index contributed by atoms with van der Waals surface area (Å²) in [5.74, 6) is -0.542. The Labute approximate surface area is 132 Å². The van der Waals surface area contributed by atoms with Crippen molar-refractivity contribution in [2.24, 2.45) is 10.8 Å². The Morgan fingerprint density at radius 1 is 1.48 bits per heavy atom. The van der Waals surface area contributed by atoms with Crippen LogP contribution in [0.2, 0.25) is 0 Å². The molecular weight excluding hydrogens is 304 g/mol. The lowest BCUT2D eigenvalue weighted by molar-refractivity contribution is -0.143. The SMILES string of the molecule is C=C(N)c1cccc(OCC(N=[N+]=[N-])OCCOCC(=O)O)c1. The van der Waals surface area contributed by atoms with Gasteiger partial charge in [0.25, 0.3) is 0 Å². The van der Waals surface area contributed by atoms with E-state index in [4.69, 9.17) is 30.6 Å². The lowest BCUT2D eigenvalue weighted by Gasteiger charge is -2.14. The van der Waals surface area contributed by atoms with Gasteiger partial charge in [0.05, 0.1) is 13.2 Å². The van der Waals surface area contributed by atoms with Gasteiger partial charge in [0.2, 0.25) is 0 Å². The topological polar surface area (TPSA) is 140 Å². The maximum absolute atomic E-state index is 10.3. The minimum absolute atomic E-state index is 0.0104. The Morgan fingerprint density at radius 2 is 2.26 bits per heavy atom. The fourth-order valence-electron chi connectivity index (χ4n) is 1.53. The number of rotatable bonds is 11. The van der Waals surface area contributed by atoms with Gasteiger partial charge in [-0.15, -0.1) is 0 Å². The standard InChI is InChI=1S/C14H18N4O5/c1-10(15)11-3-2-4-12(7-11)23-8-13(17-18-16)22-6-5-21-9-14(19)20/h2-4,7,13H,1,5-6,8-9,15H2,(H,19,20). The number of nitrogens with two attached hydrogens (primary N) is 1. The van der Waals surface area contributed by atoms with Crippen LogP contribution in [0.15, 0.2) is 36.0 Å². The van der Waals surface area contributed by atoms with Crippen molar-refractivity contribution >= 4 is 11.7 Å². The number of aliphatic carboxylic acids is 1. The van der Waals surface area contributed by atoms with Gasteiger partial charge in [0.15, 0.2) is 6.23 Å². The molecule has 23 heavy (non-hydrogen) atoms. The first-order chi connectivity index (χ1) is 11.0. The van der Waals surface area contributed by atoms with E-state index in [1.54, 1.807) is 24.3 Å². The van der Waals surface area contributed by atoms with Crippen LogP contribution in [0.25, 0.3) is 16.1 Å². The largest absolute Gasteiger partial charge is 0.491 e. The third-order valence-electron chi connectivity index (χ3n) is 2.54. The van der Waals surface area contributed by atoms with Crippen molar-refractivity contribution in [1.29, 1.82) is 0 Å². The highest BCUT2D eigenvalue weighted by molar-refractivity contribution is 5.67.